The van der Waals surface area contributed by atoms with E-state index in [-0.39, 0.29) is 5.82 Å². The predicted molar refractivity (Wildman–Crippen MR) is 44.5 cm³/mol. The number of oxime groups is 1. The molecule has 63 valence electrons. The van der Waals surface area contributed by atoms with Crippen LogP contribution in [0.3, 0.4) is 0 Å². The van der Waals surface area contributed by atoms with Gasteiger partial charge in [-0.05, 0) is 25.1 Å². The van der Waals surface area contributed by atoms with Gasteiger partial charge in [-0.3, -0.25) is 0 Å². The van der Waals surface area contributed by atoms with Gasteiger partial charge in [0.25, 0.3) is 0 Å². The molecule has 0 aliphatic rings. The van der Waals surface area contributed by atoms with Gasteiger partial charge in [0.05, 0.1) is 5.71 Å². The van der Waals surface area contributed by atoms with Crippen molar-refractivity contribution >= 4 is 5.71 Å². The van der Waals surface area contributed by atoms with E-state index in [1.165, 1.54) is 13.2 Å². The quantitative estimate of drug-likeness (QED) is 0.486. The summed E-state index contributed by atoms with van der Waals surface area (Å²) < 4.78 is 13.0. The van der Waals surface area contributed by atoms with Crippen molar-refractivity contribution in [2.75, 3.05) is 7.11 Å². The Morgan fingerprint density at radius 3 is 3.00 bits per heavy atom. The second-order valence-electron chi connectivity index (χ2n) is 2.27. The predicted octanol–water partition coefficient (Wildman–Crippen LogP) is 2.00. The highest BCUT2D eigenvalue weighted by molar-refractivity contribution is 5.98. The molecular weight excluding hydrogens is 157 g/mol. The molecule has 3 heteroatoms. The number of hydrogen-bond donors (Lipinski definition) is 0. The third kappa shape index (κ3) is 1.81. The average Bonchev–Trinajstić information content (AvgIpc) is 2.05. The molecule has 0 spiro atoms. The highest BCUT2D eigenvalue weighted by Crippen LogP contribution is 2.07. The number of nitrogens with zero attached hydrogens (tertiary/aromatic N) is 1. The van der Waals surface area contributed by atoms with Crippen LogP contribution in [0, 0.1) is 11.9 Å². The van der Waals surface area contributed by atoms with E-state index in [0.29, 0.717) is 11.3 Å². The summed E-state index contributed by atoms with van der Waals surface area (Å²) in [6.07, 6.45) is 0. The fourth-order valence-electron chi connectivity index (χ4n) is 0.890. The smallest absolute Gasteiger partial charge is 0.132 e. The molecule has 0 atom stereocenters. The SMILES string of the molecule is CO/N=C(\C)c1cc[c]cc1F. The zero-order valence-electron chi connectivity index (χ0n) is 6.97. The summed E-state index contributed by atoms with van der Waals surface area (Å²) in [4.78, 5) is 4.52. The van der Waals surface area contributed by atoms with Gasteiger partial charge in [-0.2, -0.15) is 0 Å². The van der Waals surface area contributed by atoms with Gasteiger partial charge in [-0.1, -0.05) is 11.2 Å². The normalized spacial score (nSPS) is 11.4. The number of benzene rings is 1. The van der Waals surface area contributed by atoms with Crippen molar-refractivity contribution in [2.45, 2.75) is 6.92 Å². The minimum absolute atomic E-state index is 0.337. The van der Waals surface area contributed by atoms with Crippen molar-refractivity contribution < 1.29 is 9.23 Å². The molecule has 0 bridgehead atoms. The van der Waals surface area contributed by atoms with Crippen LogP contribution in [0.25, 0.3) is 0 Å². The van der Waals surface area contributed by atoms with Crippen LogP contribution in [0.2, 0.25) is 0 Å². The van der Waals surface area contributed by atoms with Crippen LogP contribution in [-0.2, 0) is 4.84 Å². The van der Waals surface area contributed by atoms with Crippen molar-refractivity contribution in [1.29, 1.82) is 0 Å². The van der Waals surface area contributed by atoms with Crippen LogP contribution >= 0.6 is 0 Å². The van der Waals surface area contributed by atoms with Gasteiger partial charge in [0, 0.05) is 5.56 Å². The first kappa shape index (κ1) is 8.71. The molecule has 0 aliphatic carbocycles. The molecule has 0 unspecified atom stereocenters. The lowest BCUT2D eigenvalue weighted by Gasteiger charge is -1.99. The minimum Gasteiger partial charge on any atom is -0.399 e. The van der Waals surface area contributed by atoms with Crippen molar-refractivity contribution in [3.8, 4) is 0 Å². The Balaban J connectivity index is 3.02. The summed E-state index contributed by atoms with van der Waals surface area (Å²) >= 11 is 0. The summed E-state index contributed by atoms with van der Waals surface area (Å²) in [5, 5.41) is 3.62. The topological polar surface area (TPSA) is 21.6 Å². The highest BCUT2D eigenvalue weighted by atomic mass is 19.1. The molecule has 0 N–H and O–H groups in total. The molecular formula is C9H9FNO. The van der Waals surface area contributed by atoms with Crippen LogP contribution in [-0.4, -0.2) is 12.8 Å². The third-order valence-corrected chi connectivity index (χ3v) is 1.43. The maximum atomic E-state index is 13.0. The first-order valence-corrected chi connectivity index (χ1v) is 3.49. The van der Waals surface area contributed by atoms with Crippen molar-refractivity contribution in [3.63, 3.8) is 0 Å². The molecule has 12 heavy (non-hydrogen) atoms. The Labute approximate surface area is 70.7 Å². The number of halogens is 1. The van der Waals surface area contributed by atoms with Gasteiger partial charge >= 0.3 is 0 Å². The first-order chi connectivity index (χ1) is 5.75. The lowest BCUT2D eigenvalue weighted by atomic mass is 10.1. The van der Waals surface area contributed by atoms with Gasteiger partial charge in [-0.15, -0.1) is 0 Å². The molecule has 0 amide bonds. The molecule has 0 heterocycles. The summed E-state index contributed by atoms with van der Waals surface area (Å²) in [5.41, 5.74) is 0.958. The molecule has 0 saturated heterocycles. The monoisotopic (exact) mass is 166 g/mol. The molecule has 0 aliphatic heterocycles. The van der Waals surface area contributed by atoms with Gasteiger partial charge in [-0.25, -0.2) is 4.39 Å². The zero-order chi connectivity index (χ0) is 8.97. The Hall–Kier alpha value is -1.38. The fraction of sp³-hybridized carbons (Fsp3) is 0.222. The molecule has 0 aromatic heterocycles. The fourth-order valence-corrected chi connectivity index (χ4v) is 0.890. The molecule has 1 radical (unpaired) electrons. The lowest BCUT2D eigenvalue weighted by molar-refractivity contribution is 0.213. The van der Waals surface area contributed by atoms with Gasteiger partial charge < -0.3 is 4.84 Å². The Morgan fingerprint density at radius 2 is 2.42 bits per heavy atom. The van der Waals surface area contributed by atoms with Gasteiger partial charge in [0.15, 0.2) is 0 Å². The average molecular weight is 166 g/mol. The summed E-state index contributed by atoms with van der Waals surface area (Å²) in [6.45, 7) is 1.68. The Kier molecular flexibility index (Phi) is 2.80. The molecule has 1 aromatic rings. The van der Waals surface area contributed by atoms with Gasteiger partial charge in [0.1, 0.15) is 12.9 Å². The van der Waals surface area contributed by atoms with Crippen LogP contribution in [0.15, 0.2) is 23.4 Å². The van der Waals surface area contributed by atoms with E-state index in [4.69, 9.17) is 0 Å². The van der Waals surface area contributed by atoms with E-state index in [2.05, 4.69) is 16.1 Å². The van der Waals surface area contributed by atoms with E-state index >= 15 is 0 Å². The summed E-state index contributed by atoms with van der Waals surface area (Å²) in [6, 6.07) is 7.13. The maximum absolute atomic E-state index is 13.0. The van der Waals surface area contributed by atoms with Gasteiger partial charge in [0.2, 0.25) is 0 Å². The molecule has 1 rings (SSSR count). The standard InChI is InChI=1S/C9H9FNO/c1-7(11-12-2)8-5-3-4-6-9(8)10/h3,5-6H,1-2H3/b11-7+. The van der Waals surface area contributed by atoms with Crippen LogP contribution in [0.1, 0.15) is 12.5 Å². The van der Waals surface area contributed by atoms with E-state index in [1.54, 1.807) is 19.1 Å². The molecule has 0 saturated carbocycles. The van der Waals surface area contributed by atoms with Crippen molar-refractivity contribution in [3.05, 3.63) is 35.6 Å². The lowest BCUT2D eigenvalue weighted by Crippen LogP contribution is -1.98. The van der Waals surface area contributed by atoms with E-state index in [0.717, 1.165) is 0 Å². The van der Waals surface area contributed by atoms with Crippen LogP contribution < -0.4 is 0 Å². The molecule has 0 fully saturated rings. The highest BCUT2D eigenvalue weighted by Gasteiger charge is 2.03. The summed E-state index contributed by atoms with van der Waals surface area (Å²) in [5.74, 6) is -0.337. The summed E-state index contributed by atoms with van der Waals surface area (Å²) in [7, 11) is 1.43. The largest absolute Gasteiger partial charge is 0.399 e. The number of hydrogen-bond acceptors (Lipinski definition) is 2. The zero-order valence-corrected chi connectivity index (χ0v) is 6.97. The van der Waals surface area contributed by atoms with Crippen LogP contribution in [0.4, 0.5) is 4.39 Å². The minimum atomic E-state index is -0.337. The first-order valence-electron chi connectivity index (χ1n) is 3.49. The van der Waals surface area contributed by atoms with Crippen LogP contribution in [0.5, 0.6) is 0 Å². The maximum Gasteiger partial charge on any atom is 0.132 e. The molecule has 1 aromatic carbocycles. The second kappa shape index (κ2) is 3.85. The van der Waals surface area contributed by atoms with E-state index in [1.807, 2.05) is 0 Å². The second-order valence-corrected chi connectivity index (χ2v) is 2.27. The van der Waals surface area contributed by atoms with Crippen molar-refractivity contribution in [1.82, 2.24) is 0 Å². The number of rotatable bonds is 2. The van der Waals surface area contributed by atoms with E-state index in [9.17, 15) is 4.39 Å². The Bertz CT molecular complexity index is 296. The third-order valence-electron chi connectivity index (χ3n) is 1.43. The van der Waals surface area contributed by atoms with Crippen molar-refractivity contribution in [2.24, 2.45) is 5.16 Å². The Morgan fingerprint density at radius 1 is 1.67 bits per heavy atom. The van der Waals surface area contributed by atoms with E-state index < -0.39 is 0 Å². The molecule has 2 nitrogen and oxygen atoms in total.